The Bertz CT molecular complexity index is 1300. The number of carbonyl (C=O) groups excluding carboxylic acids is 1. The molecule has 3 aromatic heterocycles. The molecule has 0 unspecified atom stereocenters. The number of nitrogens with one attached hydrogen (secondary N) is 1. The van der Waals surface area contributed by atoms with Gasteiger partial charge in [-0.15, -0.1) is 0 Å². The van der Waals surface area contributed by atoms with E-state index in [1.807, 2.05) is 19.1 Å². The highest BCUT2D eigenvalue weighted by Gasteiger charge is 2.32. The van der Waals surface area contributed by atoms with Crippen molar-refractivity contribution in [1.29, 1.82) is 0 Å². The third-order valence-electron chi connectivity index (χ3n) is 5.90. The lowest BCUT2D eigenvalue weighted by Gasteiger charge is -2.14. The van der Waals surface area contributed by atoms with Crippen molar-refractivity contribution in [3.63, 3.8) is 0 Å². The van der Waals surface area contributed by atoms with Crippen LogP contribution in [0.1, 0.15) is 62.3 Å². The number of furan rings is 1. The number of nitrogens with zero attached hydrogens (tertiary/aromatic N) is 3. The molecular weight excluding hydrogens is 480 g/mol. The summed E-state index contributed by atoms with van der Waals surface area (Å²) >= 11 is 6.73. The van der Waals surface area contributed by atoms with E-state index in [-0.39, 0.29) is 11.5 Å². The quantitative estimate of drug-likeness (QED) is 0.199. The first-order chi connectivity index (χ1) is 17.0. The number of unbranched alkanes of at least 4 members (excludes halogenated alkanes) is 5. The van der Waals surface area contributed by atoms with E-state index in [0.29, 0.717) is 45.1 Å². The topological polar surface area (TPSA) is 79.8 Å². The predicted octanol–water partition coefficient (Wildman–Crippen LogP) is 5.77. The average Bonchev–Trinajstić information content (AvgIpc) is 3.46. The summed E-state index contributed by atoms with van der Waals surface area (Å²) in [6, 6.07) is 7.36. The molecule has 0 bridgehead atoms. The maximum absolute atomic E-state index is 13.5. The van der Waals surface area contributed by atoms with Gasteiger partial charge in [-0.3, -0.25) is 18.9 Å². The number of amides is 1. The standard InChI is InChI=1S/C26H30N4O3S2/c1-3-4-5-6-7-8-13-29-25(32)21(35-26(29)34)15-20-23(27-16-19-10-9-14-33-19)28-22-12-11-18(2)17-30(22)24(20)31/h9-12,14-15,17,27H,3-8,13,16H2,1-2H3/b21-15+. The Labute approximate surface area is 214 Å². The Morgan fingerprint density at radius 3 is 2.71 bits per heavy atom. The van der Waals surface area contributed by atoms with Gasteiger partial charge in [-0.05, 0) is 43.2 Å². The van der Waals surface area contributed by atoms with Gasteiger partial charge in [0.1, 0.15) is 21.5 Å². The number of fused-ring (bicyclic) bond motifs is 1. The zero-order valence-corrected chi connectivity index (χ0v) is 21.7. The normalized spacial score (nSPS) is 15.0. The zero-order valence-electron chi connectivity index (χ0n) is 20.1. The van der Waals surface area contributed by atoms with Crippen LogP contribution in [0.3, 0.4) is 0 Å². The number of anilines is 1. The van der Waals surface area contributed by atoms with Gasteiger partial charge in [-0.1, -0.05) is 69.1 Å². The summed E-state index contributed by atoms with van der Waals surface area (Å²) in [6.07, 6.45) is 11.8. The minimum Gasteiger partial charge on any atom is -0.467 e. The summed E-state index contributed by atoms with van der Waals surface area (Å²) in [5, 5.41) is 3.20. The highest BCUT2D eigenvalue weighted by atomic mass is 32.2. The van der Waals surface area contributed by atoms with Crippen LogP contribution in [0.5, 0.6) is 0 Å². The SMILES string of the molecule is CCCCCCCCN1C(=O)/C(=C\c2c(NCc3ccco3)nc3ccc(C)cn3c2=O)SC1=S. The van der Waals surface area contributed by atoms with Gasteiger partial charge in [0, 0.05) is 12.7 Å². The molecule has 35 heavy (non-hydrogen) atoms. The fourth-order valence-electron chi connectivity index (χ4n) is 3.98. The minimum absolute atomic E-state index is 0.153. The lowest BCUT2D eigenvalue weighted by molar-refractivity contribution is -0.122. The lowest BCUT2D eigenvalue weighted by Crippen LogP contribution is -2.29. The summed E-state index contributed by atoms with van der Waals surface area (Å²) in [4.78, 5) is 33.4. The fraction of sp³-hybridized carbons (Fsp3) is 0.385. The number of carbonyl (C=O) groups is 1. The van der Waals surface area contributed by atoms with Crippen LogP contribution >= 0.6 is 24.0 Å². The van der Waals surface area contributed by atoms with Crippen molar-refractivity contribution in [3.05, 3.63) is 68.9 Å². The predicted molar refractivity (Wildman–Crippen MR) is 145 cm³/mol. The van der Waals surface area contributed by atoms with Gasteiger partial charge in [0.05, 0.1) is 23.3 Å². The van der Waals surface area contributed by atoms with Crippen LogP contribution in [0.15, 0.2) is 50.8 Å². The molecule has 184 valence electrons. The van der Waals surface area contributed by atoms with E-state index in [1.54, 1.807) is 35.6 Å². The molecule has 7 nitrogen and oxygen atoms in total. The van der Waals surface area contributed by atoms with Crippen molar-refractivity contribution in [2.24, 2.45) is 0 Å². The molecular formula is C26H30N4O3S2. The van der Waals surface area contributed by atoms with Crippen LogP contribution < -0.4 is 10.9 Å². The van der Waals surface area contributed by atoms with E-state index >= 15 is 0 Å². The Morgan fingerprint density at radius 2 is 1.94 bits per heavy atom. The Kier molecular flexibility index (Phi) is 8.41. The summed E-state index contributed by atoms with van der Waals surface area (Å²) in [6.45, 7) is 5.08. The van der Waals surface area contributed by atoms with Gasteiger partial charge in [0.2, 0.25) is 0 Å². The molecule has 1 N–H and O–H groups in total. The van der Waals surface area contributed by atoms with Crippen LogP contribution in [-0.4, -0.2) is 31.1 Å². The van der Waals surface area contributed by atoms with Crippen molar-refractivity contribution >= 4 is 51.7 Å². The molecule has 4 rings (SSSR count). The number of thiocarbonyl (C=S) groups is 1. The maximum Gasteiger partial charge on any atom is 0.267 e. The largest absolute Gasteiger partial charge is 0.467 e. The van der Waals surface area contributed by atoms with Gasteiger partial charge in [0.15, 0.2) is 0 Å². The number of hydrogen-bond acceptors (Lipinski definition) is 7. The van der Waals surface area contributed by atoms with Gasteiger partial charge in [-0.2, -0.15) is 0 Å². The van der Waals surface area contributed by atoms with E-state index in [0.717, 1.165) is 18.4 Å². The summed E-state index contributed by atoms with van der Waals surface area (Å²) in [7, 11) is 0. The van der Waals surface area contributed by atoms with E-state index in [2.05, 4.69) is 17.2 Å². The third kappa shape index (κ3) is 6.02. The molecule has 1 saturated heterocycles. The molecule has 0 aromatic carbocycles. The second-order valence-corrected chi connectivity index (χ2v) is 10.3. The van der Waals surface area contributed by atoms with E-state index in [1.165, 1.54) is 41.8 Å². The fourth-order valence-corrected chi connectivity index (χ4v) is 5.27. The molecule has 1 aliphatic rings. The van der Waals surface area contributed by atoms with Gasteiger partial charge >= 0.3 is 0 Å². The second-order valence-electron chi connectivity index (χ2n) is 8.65. The first-order valence-corrected chi connectivity index (χ1v) is 13.2. The Balaban J connectivity index is 1.60. The first-order valence-electron chi connectivity index (χ1n) is 12.0. The second kappa shape index (κ2) is 11.7. The van der Waals surface area contributed by atoms with Crippen molar-refractivity contribution in [1.82, 2.24) is 14.3 Å². The highest BCUT2D eigenvalue weighted by molar-refractivity contribution is 8.26. The van der Waals surface area contributed by atoms with E-state index in [9.17, 15) is 9.59 Å². The van der Waals surface area contributed by atoms with Crippen LogP contribution in [0, 0.1) is 6.92 Å². The molecule has 1 amide bonds. The number of aromatic nitrogens is 2. The lowest BCUT2D eigenvalue weighted by atomic mass is 10.1. The smallest absolute Gasteiger partial charge is 0.267 e. The van der Waals surface area contributed by atoms with Crippen LogP contribution in [0.4, 0.5) is 5.82 Å². The monoisotopic (exact) mass is 510 g/mol. The zero-order chi connectivity index (χ0) is 24.8. The Morgan fingerprint density at radius 1 is 1.14 bits per heavy atom. The van der Waals surface area contributed by atoms with Crippen molar-refractivity contribution < 1.29 is 9.21 Å². The first kappa shape index (κ1) is 25.2. The molecule has 1 aliphatic heterocycles. The number of hydrogen-bond donors (Lipinski definition) is 1. The molecule has 0 atom stereocenters. The van der Waals surface area contributed by atoms with Gasteiger partial charge in [0.25, 0.3) is 11.5 Å². The molecule has 9 heteroatoms. The van der Waals surface area contributed by atoms with Gasteiger partial charge in [-0.25, -0.2) is 4.98 Å². The Hall–Kier alpha value is -2.91. The third-order valence-corrected chi connectivity index (χ3v) is 7.28. The summed E-state index contributed by atoms with van der Waals surface area (Å²) in [5.41, 5.74) is 1.53. The van der Waals surface area contributed by atoms with E-state index < -0.39 is 0 Å². The summed E-state index contributed by atoms with van der Waals surface area (Å²) < 4.78 is 7.45. The van der Waals surface area contributed by atoms with Gasteiger partial charge < -0.3 is 9.73 Å². The minimum atomic E-state index is -0.248. The van der Waals surface area contributed by atoms with Crippen molar-refractivity contribution in [2.45, 2.75) is 58.9 Å². The highest BCUT2D eigenvalue weighted by Crippen LogP contribution is 2.33. The van der Waals surface area contributed by atoms with E-state index in [4.69, 9.17) is 16.6 Å². The average molecular weight is 511 g/mol. The van der Waals surface area contributed by atoms with Crippen LogP contribution in [0.25, 0.3) is 11.7 Å². The molecule has 1 fully saturated rings. The number of thioether (sulfide) groups is 1. The molecule has 4 heterocycles. The molecule has 0 spiro atoms. The maximum atomic E-state index is 13.5. The van der Waals surface area contributed by atoms with Crippen LogP contribution in [0.2, 0.25) is 0 Å². The summed E-state index contributed by atoms with van der Waals surface area (Å²) in [5.74, 6) is 0.961. The number of aryl methyl sites for hydroxylation is 1. The number of pyridine rings is 1. The van der Waals surface area contributed by atoms with Crippen molar-refractivity contribution in [2.75, 3.05) is 11.9 Å². The molecule has 0 aliphatic carbocycles. The molecule has 0 saturated carbocycles. The van der Waals surface area contributed by atoms with Crippen molar-refractivity contribution in [3.8, 4) is 0 Å². The molecule has 0 radical (unpaired) electrons. The molecule has 3 aromatic rings. The number of rotatable bonds is 11. The van der Waals surface area contributed by atoms with Crippen LogP contribution in [-0.2, 0) is 11.3 Å².